The van der Waals surface area contributed by atoms with Crippen molar-refractivity contribution in [2.75, 3.05) is 0 Å². The van der Waals surface area contributed by atoms with Gasteiger partial charge in [-0.3, -0.25) is 4.98 Å². The van der Waals surface area contributed by atoms with Crippen LogP contribution in [0.5, 0.6) is 0 Å². The summed E-state index contributed by atoms with van der Waals surface area (Å²) in [6, 6.07) is 48.1. The fraction of sp³-hybridized carbons (Fsp3) is 0.0278. The van der Waals surface area contributed by atoms with Gasteiger partial charge in [0.05, 0.1) is 5.69 Å². The van der Waals surface area contributed by atoms with Gasteiger partial charge in [0.2, 0.25) is 0 Å². The minimum Gasteiger partial charge on any atom is -0.253 e. The summed E-state index contributed by atoms with van der Waals surface area (Å²) in [7, 11) is 0. The van der Waals surface area contributed by atoms with Gasteiger partial charge in [0.15, 0.2) is 0 Å². The van der Waals surface area contributed by atoms with Crippen LogP contribution in [-0.4, -0.2) is 4.98 Å². The molecule has 6 aromatic carbocycles. The largest absolute Gasteiger partial charge is 0.253 e. The molecule has 0 unspecified atom stereocenters. The Balaban J connectivity index is 1.54. The highest BCUT2D eigenvalue weighted by Gasteiger charge is 2.17. The number of aryl methyl sites for hydroxylation is 1. The molecule has 0 aliphatic carbocycles. The van der Waals surface area contributed by atoms with Crippen LogP contribution in [0.15, 0.2) is 133 Å². The summed E-state index contributed by atoms with van der Waals surface area (Å²) in [5, 5.41) is 7.59. The molecule has 0 aliphatic heterocycles. The summed E-state index contributed by atoms with van der Waals surface area (Å²) >= 11 is 0. The van der Waals surface area contributed by atoms with Gasteiger partial charge in [0, 0.05) is 11.3 Å². The molecule has 174 valence electrons. The summed E-state index contributed by atoms with van der Waals surface area (Å²) in [6.45, 7) is 2.04. The number of benzene rings is 6. The van der Waals surface area contributed by atoms with Gasteiger partial charge in [-0.2, -0.15) is 0 Å². The number of aromatic nitrogens is 1. The average molecular weight is 472 g/mol. The normalized spacial score (nSPS) is 11.4. The third kappa shape index (κ3) is 3.68. The molecule has 1 heterocycles. The SMILES string of the molecule is Cc1cccc(-c2cccc(-c3c4ccccc4c(-c4ccc5ccccc5c4)c4ccccc34)c2)n1. The van der Waals surface area contributed by atoms with E-state index in [0.717, 1.165) is 17.0 Å². The third-order valence-corrected chi connectivity index (χ3v) is 7.30. The Labute approximate surface area is 216 Å². The fourth-order valence-electron chi connectivity index (χ4n) is 5.63. The highest BCUT2D eigenvalue weighted by atomic mass is 14.7. The summed E-state index contributed by atoms with van der Waals surface area (Å²) in [4.78, 5) is 4.78. The second-order valence-corrected chi connectivity index (χ2v) is 9.65. The van der Waals surface area contributed by atoms with Crippen LogP contribution in [-0.2, 0) is 0 Å². The molecule has 0 bridgehead atoms. The van der Waals surface area contributed by atoms with Gasteiger partial charge in [-0.1, -0.05) is 109 Å². The first-order valence-electron chi connectivity index (χ1n) is 12.7. The molecule has 37 heavy (non-hydrogen) atoms. The topological polar surface area (TPSA) is 12.9 Å². The van der Waals surface area contributed by atoms with E-state index in [9.17, 15) is 0 Å². The minimum absolute atomic E-state index is 1.00. The Bertz CT molecular complexity index is 1890. The Morgan fingerprint density at radius 1 is 0.405 bits per heavy atom. The predicted molar refractivity (Wildman–Crippen MR) is 158 cm³/mol. The van der Waals surface area contributed by atoms with Crippen LogP contribution in [0.1, 0.15) is 5.69 Å². The van der Waals surface area contributed by atoms with Crippen LogP contribution in [0.25, 0.3) is 65.8 Å². The van der Waals surface area contributed by atoms with Gasteiger partial charge in [-0.15, -0.1) is 0 Å². The zero-order chi connectivity index (χ0) is 24.8. The molecule has 7 aromatic rings. The van der Waals surface area contributed by atoms with Crippen LogP contribution >= 0.6 is 0 Å². The van der Waals surface area contributed by atoms with Crippen molar-refractivity contribution in [1.82, 2.24) is 4.98 Å². The summed E-state index contributed by atoms with van der Waals surface area (Å²) < 4.78 is 0. The molecule has 0 saturated heterocycles. The maximum Gasteiger partial charge on any atom is 0.0705 e. The highest BCUT2D eigenvalue weighted by Crippen LogP contribution is 2.44. The number of rotatable bonds is 3. The van der Waals surface area contributed by atoms with Crippen molar-refractivity contribution >= 4 is 32.3 Å². The monoisotopic (exact) mass is 471 g/mol. The Morgan fingerprint density at radius 2 is 0.946 bits per heavy atom. The lowest BCUT2D eigenvalue weighted by Gasteiger charge is -2.18. The van der Waals surface area contributed by atoms with Crippen LogP contribution in [0, 0.1) is 6.92 Å². The van der Waals surface area contributed by atoms with Crippen molar-refractivity contribution in [3.05, 3.63) is 139 Å². The lowest BCUT2D eigenvalue weighted by Crippen LogP contribution is -1.92. The molecule has 0 amide bonds. The van der Waals surface area contributed by atoms with Gasteiger partial charge < -0.3 is 0 Å². The van der Waals surface area contributed by atoms with Crippen LogP contribution < -0.4 is 0 Å². The molecule has 1 heteroatoms. The smallest absolute Gasteiger partial charge is 0.0705 e. The maximum atomic E-state index is 4.78. The minimum atomic E-state index is 1.00. The van der Waals surface area contributed by atoms with Crippen LogP contribution in [0.3, 0.4) is 0 Å². The fourth-order valence-corrected chi connectivity index (χ4v) is 5.63. The van der Waals surface area contributed by atoms with E-state index in [1.165, 1.54) is 54.6 Å². The van der Waals surface area contributed by atoms with E-state index in [-0.39, 0.29) is 0 Å². The molecule has 0 aliphatic rings. The first-order chi connectivity index (χ1) is 18.3. The molecule has 0 fully saturated rings. The van der Waals surface area contributed by atoms with E-state index in [4.69, 9.17) is 4.98 Å². The van der Waals surface area contributed by atoms with Crippen molar-refractivity contribution < 1.29 is 0 Å². The standard InChI is InChI=1S/C36H25N/c1-24-10-8-19-34(37-24)27-13-9-14-28(23-27)35-30-15-4-6-17-32(30)36(33-18-7-5-16-31(33)35)29-21-20-25-11-2-3-12-26(25)22-29/h2-23H,1H3. The zero-order valence-electron chi connectivity index (χ0n) is 20.6. The van der Waals surface area contributed by atoms with Crippen molar-refractivity contribution in [2.45, 2.75) is 6.92 Å². The maximum absolute atomic E-state index is 4.78. The van der Waals surface area contributed by atoms with Crippen molar-refractivity contribution in [3.8, 4) is 33.5 Å². The first kappa shape index (κ1) is 21.5. The van der Waals surface area contributed by atoms with E-state index in [0.29, 0.717) is 0 Å². The van der Waals surface area contributed by atoms with Gasteiger partial charge in [0.25, 0.3) is 0 Å². The van der Waals surface area contributed by atoms with Crippen LogP contribution in [0.2, 0.25) is 0 Å². The van der Waals surface area contributed by atoms with E-state index >= 15 is 0 Å². The highest BCUT2D eigenvalue weighted by molar-refractivity contribution is 6.21. The van der Waals surface area contributed by atoms with Gasteiger partial charge in [0.1, 0.15) is 0 Å². The Kier molecular flexibility index (Phi) is 5.08. The lowest BCUT2D eigenvalue weighted by molar-refractivity contribution is 1.21. The number of fused-ring (bicyclic) bond motifs is 3. The number of hydrogen-bond donors (Lipinski definition) is 0. The van der Waals surface area contributed by atoms with Crippen molar-refractivity contribution in [2.24, 2.45) is 0 Å². The van der Waals surface area contributed by atoms with Gasteiger partial charge in [-0.05, 0) is 85.8 Å². The number of hydrogen-bond acceptors (Lipinski definition) is 1. The van der Waals surface area contributed by atoms with E-state index in [2.05, 4.69) is 127 Å². The molecule has 0 atom stereocenters. The third-order valence-electron chi connectivity index (χ3n) is 7.30. The van der Waals surface area contributed by atoms with E-state index in [1.807, 2.05) is 13.0 Å². The molecule has 0 radical (unpaired) electrons. The van der Waals surface area contributed by atoms with Gasteiger partial charge >= 0.3 is 0 Å². The predicted octanol–water partition coefficient (Wildman–Crippen LogP) is 9.85. The molecular formula is C36H25N. The molecule has 1 aromatic heterocycles. The van der Waals surface area contributed by atoms with E-state index < -0.39 is 0 Å². The summed E-state index contributed by atoms with van der Waals surface area (Å²) in [5.41, 5.74) is 8.17. The summed E-state index contributed by atoms with van der Waals surface area (Å²) in [6.07, 6.45) is 0. The summed E-state index contributed by atoms with van der Waals surface area (Å²) in [5.74, 6) is 0. The average Bonchev–Trinajstić information content (AvgIpc) is 2.95. The van der Waals surface area contributed by atoms with Crippen molar-refractivity contribution in [1.29, 1.82) is 0 Å². The molecule has 0 saturated carbocycles. The molecule has 0 N–H and O–H groups in total. The molecule has 0 spiro atoms. The second kappa shape index (κ2) is 8.72. The first-order valence-corrected chi connectivity index (χ1v) is 12.7. The van der Waals surface area contributed by atoms with Gasteiger partial charge in [-0.25, -0.2) is 0 Å². The second-order valence-electron chi connectivity index (χ2n) is 9.65. The molecular weight excluding hydrogens is 446 g/mol. The van der Waals surface area contributed by atoms with Crippen LogP contribution in [0.4, 0.5) is 0 Å². The number of nitrogens with zero attached hydrogens (tertiary/aromatic N) is 1. The van der Waals surface area contributed by atoms with Crippen molar-refractivity contribution in [3.63, 3.8) is 0 Å². The number of pyridine rings is 1. The zero-order valence-corrected chi connectivity index (χ0v) is 20.6. The lowest BCUT2D eigenvalue weighted by atomic mass is 9.85. The Morgan fingerprint density at radius 3 is 1.59 bits per heavy atom. The molecule has 1 nitrogen and oxygen atoms in total. The van der Waals surface area contributed by atoms with E-state index in [1.54, 1.807) is 0 Å². The quantitative estimate of drug-likeness (QED) is 0.234. The molecule has 7 rings (SSSR count). The Hall–Kier alpha value is -4.75.